The van der Waals surface area contributed by atoms with Gasteiger partial charge in [0, 0.05) is 0 Å². The average Bonchev–Trinajstić information content (AvgIpc) is 2.25. The van der Waals surface area contributed by atoms with Crippen LogP contribution in [0.2, 0.25) is 0 Å². The van der Waals surface area contributed by atoms with Gasteiger partial charge >= 0.3 is 0 Å². The molecule has 0 radical (unpaired) electrons. The van der Waals surface area contributed by atoms with Gasteiger partial charge in [-0.3, -0.25) is 9.52 Å². The van der Waals surface area contributed by atoms with Crippen LogP contribution in [-0.2, 0) is 14.8 Å². The van der Waals surface area contributed by atoms with Gasteiger partial charge in [0.2, 0.25) is 10.0 Å². The van der Waals surface area contributed by atoms with Gasteiger partial charge in [0.25, 0.3) is 5.91 Å². The summed E-state index contributed by atoms with van der Waals surface area (Å²) in [7, 11) is -3.36. The highest BCUT2D eigenvalue weighted by atomic mass is 32.2. The number of nitrogens with one attached hydrogen (secondary N) is 2. The van der Waals surface area contributed by atoms with Gasteiger partial charge in [-0.1, -0.05) is 0 Å². The lowest BCUT2D eigenvalue weighted by atomic mass is 10.0. The molecule has 2 rings (SSSR count). The molecule has 0 saturated carbocycles. The van der Waals surface area contributed by atoms with Crippen molar-refractivity contribution in [3.05, 3.63) is 0 Å². The van der Waals surface area contributed by atoms with Crippen LogP contribution in [0, 0.1) is 0 Å². The Hall–Kier alpha value is -0.620. The van der Waals surface area contributed by atoms with Crippen LogP contribution in [0.25, 0.3) is 0 Å². The predicted octanol–water partition coefficient (Wildman–Crippen LogP) is -1.43. The molecule has 0 aromatic rings. The molecule has 2 aliphatic rings. The van der Waals surface area contributed by atoms with Crippen molar-refractivity contribution in [1.82, 2.24) is 10.0 Å². The Morgan fingerprint density at radius 3 is 2.83 bits per heavy atom. The van der Waals surface area contributed by atoms with Crippen molar-refractivity contribution in [1.29, 1.82) is 0 Å². The van der Waals surface area contributed by atoms with Gasteiger partial charge in [-0.15, -0.1) is 0 Å². The monoisotopic (exact) mass is 190 g/mol. The lowest BCUT2D eigenvalue weighted by molar-refractivity contribution is -0.120. The molecule has 5 nitrogen and oxygen atoms in total. The number of carbonyl (C=O) groups excluding carboxylic acids is 1. The second kappa shape index (κ2) is 2.43. The van der Waals surface area contributed by atoms with Crippen molar-refractivity contribution in [3.8, 4) is 0 Å². The fourth-order valence-corrected chi connectivity index (χ4v) is 3.35. The van der Waals surface area contributed by atoms with Crippen molar-refractivity contribution in [2.45, 2.75) is 24.1 Å². The quantitative estimate of drug-likeness (QED) is 0.491. The molecule has 0 aromatic heterocycles. The van der Waals surface area contributed by atoms with Crippen molar-refractivity contribution in [2.75, 3.05) is 6.54 Å². The highest BCUT2D eigenvalue weighted by molar-refractivity contribution is 7.91. The minimum Gasteiger partial charge on any atom is -0.305 e. The van der Waals surface area contributed by atoms with Gasteiger partial charge in [0.1, 0.15) is 11.3 Å². The molecule has 2 heterocycles. The van der Waals surface area contributed by atoms with Gasteiger partial charge < -0.3 is 5.32 Å². The lowest BCUT2D eigenvalue weighted by Gasteiger charge is -2.21. The number of carbonyl (C=O) groups is 1. The first-order valence-corrected chi connectivity index (χ1v) is 5.45. The molecule has 2 aliphatic heterocycles. The van der Waals surface area contributed by atoms with E-state index in [2.05, 4.69) is 5.32 Å². The third kappa shape index (κ3) is 1.02. The van der Waals surface area contributed by atoms with Gasteiger partial charge in [-0.25, -0.2) is 8.42 Å². The van der Waals surface area contributed by atoms with E-state index in [9.17, 15) is 13.2 Å². The van der Waals surface area contributed by atoms with E-state index in [0.717, 1.165) is 13.0 Å². The summed E-state index contributed by atoms with van der Waals surface area (Å²) in [6.07, 6.45) is 1.40. The Morgan fingerprint density at radius 2 is 2.17 bits per heavy atom. The number of hydrogen-bond donors (Lipinski definition) is 2. The zero-order valence-electron chi connectivity index (χ0n) is 6.41. The molecule has 2 atom stereocenters. The second-order valence-corrected chi connectivity index (χ2v) is 5.02. The minimum atomic E-state index is -3.36. The maximum Gasteiger partial charge on any atom is 0.251 e. The zero-order valence-corrected chi connectivity index (χ0v) is 7.23. The minimum absolute atomic E-state index is 0.403. The first-order chi connectivity index (χ1) is 5.61. The summed E-state index contributed by atoms with van der Waals surface area (Å²) in [6, 6.07) is -0.510. The van der Waals surface area contributed by atoms with E-state index in [1.165, 1.54) is 0 Å². The highest BCUT2D eigenvalue weighted by Gasteiger charge is 2.47. The van der Waals surface area contributed by atoms with Gasteiger partial charge in [0.05, 0.1) is 0 Å². The van der Waals surface area contributed by atoms with Crippen LogP contribution in [0.15, 0.2) is 0 Å². The molecule has 68 valence electrons. The maximum atomic E-state index is 11.2. The van der Waals surface area contributed by atoms with Gasteiger partial charge in [0.15, 0.2) is 0 Å². The highest BCUT2D eigenvalue weighted by Crippen LogP contribution is 2.21. The van der Waals surface area contributed by atoms with E-state index in [1.54, 1.807) is 0 Å². The number of piperidine rings is 1. The van der Waals surface area contributed by atoms with E-state index in [0.29, 0.717) is 6.42 Å². The molecule has 2 unspecified atom stereocenters. The molecule has 0 bridgehead atoms. The van der Waals surface area contributed by atoms with Crippen LogP contribution < -0.4 is 10.0 Å². The Morgan fingerprint density at radius 1 is 1.42 bits per heavy atom. The molecule has 0 aliphatic carbocycles. The number of amides is 1. The molecular weight excluding hydrogens is 180 g/mol. The van der Waals surface area contributed by atoms with E-state index in [4.69, 9.17) is 0 Å². The predicted molar refractivity (Wildman–Crippen MR) is 41.9 cm³/mol. The van der Waals surface area contributed by atoms with Crippen molar-refractivity contribution in [2.24, 2.45) is 0 Å². The second-order valence-electron chi connectivity index (χ2n) is 3.12. The summed E-state index contributed by atoms with van der Waals surface area (Å²) in [4.78, 5) is 11.1. The van der Waals surface area contributed by atoms with Crippen molar-refractivity contribution >= 4 is 15.9 Å². The SMILES string of the molecule is O=C1NS(=O)(=O)C2CCCNC12. The number of fused-ring (bicyclic) bond motifs is 1. The van der Waals surface area contributed by atoms with Crippen LogP contribution in [0.1, 0.15) is 12.8 Å². The first-order valence-electron chi connectivity index (χ1n) is 3.90. The number of sulfonamides is 1. The molecule has 2 N–H and O–H groups in total. The topological polar surface area (TPSA) is 75.3 Å². The first kappa shape index (κ1) is 8.00. The summed E-state index contributed by atoms with van der Waals surface area (Å²) in [5.74, 6) is -0.403. The maximum absolute atomic E-state index is 11.2. The van der Waals surface area contributed by atoms with Crippen LogP contribution in [-0.4, -0.2) is 32.2 Å². The van der Waals surface area contributed by atoms with E-state index in [1.807, 2.05) is 4.72 Å². The van der Waals surface area contributed by atoms with E-state index < -0.39 is 27.2 Å². The average molecular weight is 190 g/mol. The molecule has 12 heavy (non-hydrogen) atoms. The number of rotatable bonds is 0. The largest absolute Gasteiger partial charge is 0.305 e. The molecule has 6 heteroatoms. The molecule has 2 fully saturated rings. The Kier molecular flexibility index (Phi) is 1.62. The Balaban J connectivity index is 2.34. The van der Waals surface area contributed by atoms with Crippen LogP contribution >= 0.6 is 0 Å². The smallest absolute Gasteiger partial charge is 0.251 e. The molecule has 2 saturated heterocycles. The normalized spacial score (nSPS) is 38.8. The zero-order chi connectivity index (χ0) is 8.77. The lowest BCUT2D eigenvalue weighted by Crippen LogP contribution is -2.46. The van der Waals surface area contributed by atoms with Crippen LogP contribution in [0.3, 0.4) is 0 Å². The van der Waals surface area contributed by atoms with E-state index in [-0.39, 0.29) is 0 Å². The third-order valence-corrected chi connectivity index (χ3v) is 4.12. The van der Waals surface area contributed by atoms with E-state index >= 15 is 0 Å². The molecule has 0 spiro atoms. The van der Waals surface area contributed by atoms with Crippen LogP contribution in [0.4, 0.5) is 0 Å². The summed E-state index contributed by atoms with van der Waals surface area (Å²) < 4.78 is 24.5. The fraction of sp³-hybridized carbons (Fsp3) is 0.833. The van der Waals surface area contributed by atoms with Gasteiger partial charge in [-0.2, -0.15) is 0 Å². The standard InChI is InChI=1S/C6H10N2O3S/c9-6-5-4(2-1-3-7-5)12(10,11)8-6/h4-5,7H,1-3H2,(H,8,9). The molecular formula is C6H10N2O3S. The Bertz CT molecular complexity index is 311. The number of hydrogen-bond acceptors (Lipinski definition) is 4. The van der Waals surface area contributed by atoms with Gasteiger partial charge in [-0.05, 0) is 19.4 Å². The Labute approximate surface area is 70.6 Å². The third-order valence-electron chi connectivity index (χ3n) is 2.33. The summed E-state index contributed by atoms with van der Waals surface area (Å²) >= 11 is 0. The summed E-state index contributed by atoms with van der Waals surface area (Å²) in [5, 5.41) is 2.35. The van der Waals surface area contributed by atoms with Crippen molar-refractivity contribution in [3.63, 3.8) is 0 Å². The van der Waals surface area contributed by atoms with Crippen LogP contribution in [0.5, 0.6) is 0 Å². The summed E-state index contributed by atoms with van der Waals surface area (Å²) in [5.41, 5.74) is 0. The molecule has 0 aromatic carbocycles. The van der Waals surface area contributed by atoms with Crippen molar-refractivity contribution < 1.29 is 13.2 Å². The fourth-order valence-electron chi connectivity index (χ4n) is 1.73. The molecule has 1 amide bonds. The summed E-state index contributed by atoms with van der Waals surface area (Å²) in [6.45, 7) is 0.726.